The molecule has 8 heteroatoms. The van der Waals surface area contributed by atoms with Crippen molar-refractivity contribution in [3.05, 3.63) is 47.5 Å². The first kappa shape index (κ1) is 23.0. The number of hydrogen-bond acceptors (Lipinski definition) is 4. The minimum Gasteiger partial charge on any atom is -0.354 e. The summed E-state index contributed by atoms with van der Waals surface area (Å²) in [6.07, 6.45) is 5.84. The van der Waals surface area contributed by atoms with Crippen molar-refractivity contribution in [3.8, 4) is 0 Å². The fraction of sp³-hybridized carbons (Fsp3) is 0.550. The summed E-state index contributed by atoms with van der Waals surface area (Å²) in [7, 11) is 1.98. The van der Waals surface area contributed by atoms with E-state index < -0.39 is 0 Å². The number of hydrogen-bond donors (Lipinski definition) is 2. The van der Waals surface area contributed by atoms with Gasteiger partial charge in [-0.15, -0.1) is 34.2 Å². The highest BCUT2D eigenvalue weighted by molar-refractivity contribution is 14.0. The van der Waals surface area contributed by atoms with E-state index in [-0.39, 0.29) is 30.0 Å². The van der Waals surface area contributed by atoms with Crippen LogP contribution < -0.4 is 10.6 Å². The molecule has 1 saturated carbocycles. The zero-order valence-electron chi connectivity index (χ0n) is 17.1. The molecule has 2 N–H and O–H groups in total. The molecule has 1 aliphatic carbocycles. The smallest absolute Gasteiger partial charge is 0.192 e. The van der Waals surface area contributed by atoms with Crippen LogP contribution in [-0.2, 0) is 13.6 Å². The van der Waals surface area contributed by atoms with Crippen LogP contribution in [0, 0.1) is 6.92 Å². The molecule has 0 saturated heterocycles. The van der Waals surface area contributed by atoms with Gasteiger partial charge in [0.1, 0.15) is 12.4 Å². The van der Waals surface area contributed by atoms with Gasteiger partial charge in [0.05, 0.1) is 6.04 Å². The molecule has 1 aromatic carbocycles. The third kappa shape index (κ3) is 6.10. The summed E-state index contributed by atoms with van der Waals surface area (Å²) in [4.78, 5) is 4.81. The van der Waals surface area contributed by atoms with Crippen LogP contribution in [0.25, 0.3) is 0 Å². The van der Waals surface area contributed by atoms with Crippen LogP contribution in [0.15, 0.2) is 35.3 Å². The minimum atomic E-state index is 0. The lowest BCUT2D eigenvalue weighted by Crippen LogP contribution is -2.43. The second-order valence-corrected chi connectivity index (χ2v) is 8.31. The van der Waals surface area contributed by atoms with Crippen molar-refractivity contribution >= 4 is 41.7 Å². The predicted octanol–water partition coefficient (Wildman–Crippen LogP) is 3.82. The molecule has 0 bridgehead atoms. The summed E-state index contributed by atoms with van der Waals surface area (Å²) in [5.41, 5.74) is 1.25. The van der Waals surface area contributed by atoms with E-state index in [1.165, 1.54) is 24.8 Å². The van der Waals surface area contributed by atoms with Crippen molar-refractivity contribution in [2.75, 3.05) is 6.26 Å². The van der Waals surface area contributed by atoms with Crippen LogP contribution in [0.3, 0.4) is 0 Å². The van der Waals surface area contributed by atoms with E-state index in [9.17, 15) is 0 Å². The molecular formula is C20H31IN6S. The fourth-order valence-electron chi connectivity index (χ4n) is 3.38. The Morgan fingerprint density at radius 1 is 1.29 bits per heavy atom. The maximum absolute atomic E-state index is 4.81. The molecule has 0 amide bonds. The molecular weight excluding hydrogens is 483 g/mol. The van der Waals surface area contributed by atoms with Gasteiger partial charge in [-0.1, -0.05) is 30.3 Å². The second-order valence-electron chi connectivity index (χ2n) is 7.18. The number of nitrogens with zero attached hydrogens (tertiary/aromatic N) is 4. The summed E-state index contributed by atoms with van der Waals surface area (Å²) in [6.45, 7) is 4.63. The average molecular weight is 514 g/mol. The van der Waals surface area contributed by atoms with Gasteiger partial charge in [0, 0.05) is 18.3 Å². The molecule has 3 rings (SSSR count). The van der Waals surface area contributed by atoms with Gasteiger partial charge < -0.3 is 15.2 Å². The minimum absolute atomic E-state index is 0. The van der Waals surface area contributed by atoms with Gasteiger partial charge in [-0.25, -0.2) is 4.99 Å². The normalized spacial score (nSPS) is 20.5. The molecule has 0 spiro atoms. The predicted molar refractivity (Wildman–Crippen MR) is 128 cm³/mol. The standard InChI is InChI=1S/C20H30N6S.HI/c1-14(16-8-6-5-7-9-16)22-20(23-17-10-11-18(12-17)27-4)21-13-19-25-24-15(2)26(19)3;/h5-9,14,17-18H,10-13H2,1-4H3,(H2,21,22,23);1H. The number of nitrogens with one attached hydrogen (secondary N) is 2. The Hall–Kier alpha value is -1.29. The lowest BCUT2D eigenvalue weighted by molar-refractivity contribution is 0.593. The van der Waals surface area contributed by atoms with Crippen molar-refractivity contribution in [2.45, 2.75) is 57.0 Å². The second kappa shape index (κ2) is 11.0. The SMILES string of the molecule is CSC1CCC(NC(=NCc2nnc(C)n2C)NC(C)c2ccccc2)C1.I. The molecule has 0 radical (unpaired) electrons. The molecule has 1 aliphatic rings. The fourth-order valence-corrected chi connectivity index (χ4v) is 4.18. The molecule has 2 aromatic rings. The van der Waals surface area contributed by atoms with Crippen LogP contribution in [0.2, 0.25) is 0 Å². The Morgan fingerprint density at radius 3 is 2.64 bits per heavy atom. The molecule has 3 unspecified atom stereocenters. The monoisotopic (exact) mass is 514 g/mol. The van der Waals surface area contributed by atoms with E-state index in [1.807, 2.05) is 36.4 Å². The molecule has 6 nitrogen and oxygen atoms in total. The van der Waals surface area contributed by atoms with Crippen molar-refractivity contribution in [3.63, 3.8) is 0 Å². The van der Waals surface area contributed by atoms with Crippen molar-refractivity contribution in [2.24, 2.45) is 12.0 Å². The largest absolute Gasteiger partial charge is 0.354 e. The topological polar surface area (TPSA) is 67.1 Å². The Labute approximate surface area is 189 Å². The average Bonchev–Trinajstić information content (AvgIpc) is 3.27. The molecule has 154 valence electrons. The van der Waals surface area contributed by atoms with E-state index in [2.05, 4.69) is 58.3 Å². The van der Waals surface area contributed by atoms with E-state index in [4.69, 9.17) is 4.99 Å². The third-order valence-electron chi connectivity index (χ3n) is 5.27. The Morgan fingerprint density at radius 2 is 2.04 bits per heavy atom. The van der Waals surface area contributed by atoms with E-state index in [0.29, 0.717) is 12.6 Å². The number of benzene rings is 1. The number of aryl methyl sites for hydroxylation is 1. The van der Waals surface area contributed by atoms with Gasteiger partial charge in [0.2, 0.25) is 0 Å². The summed E-state index contributed by atoms with van der Waals surface area (Å²) < 4.78 is 1.99. The first-order valence-electron chi connectivity index (χ1n) is 9.57. The van der Waals surface area contributed by atoms with E-state index in [0.717, 1.165) is 22.9 Å². The number of thioether (sulfide) groups is 1. The molecule has 28 heavy (non-hydrogen) atoms. The maximum atomic E-state index is 4.81. The number of guanidine groups is 1. The highest BCUT2D eigenvalue weighted by atomic mass is 127. The highest BCUT2D eigenvalue weighted by Gasteiger charge is 2.25. The lowest BCUT2D eigenvalue weighted by atomic mass is 10.1. The van der Waals surface area contributed by atoms with Crippen LogP contribution in [-0.4, -0.2) is 38.3 Å². The Balaban J connectivity index is 0.00000280. The molecule has 1 aromatic heterocycles. The summed E-state index contributed by atoms with van der Waals surface area (Å²) in [5, 5.41) is 16.3. The first-order chi connectivity index (χ1) is 13.1. The molecule has 1 fully saturated rings. The summed E-state index contributed by atoms with van der Waals surface area (Å²) in [6, 6.07) is 11.1. The van der Waals surface area contributed by atoms with Crippen LogP contribution in [0.1, 0.15) is 49.4 Å². The van der Waals surface area contributed by atoms with Crippen molar-refractivity contribution < 1.29 is 0 Å². The zero-order valence-corrected chi connectivity index (χ0v) is 20.2. The number of halogens is 1. The van der Waals surface area contributed by atoms with Crippen LogP contribution in [0.4, 0.5) is 0 Å². The molecule has 1 heterocycles. The van der Waals surface area contributed by atoms with Gasteiger partial charge in [0.25, 0.3) is 0 Å². The van der Waals surface area contributed by atoms with E-state index >= 15 is 0 Å². The zero-order chi connectivity index (χ0) is 19.2. The van der Waals surface area contributed by atoms with Crippen LogP contribution >= 0.6 is 35.7 Å². The lowest BCUT2D eigenvalue weighted by Gasteiger charge is -2.22. The number of aliphatic imine (C=N–C) groups is 1. The summed E-state index contributed by atoms with van der Waals surface area (Å²) >= 11 is 1.97. The van der Waals surface area contributed by atoms with Crippen LogP contribution in [0.5, 0.6) is 0 Å². The first-order valence-corrected chi connectivity index (χ1v) is 10.9. The summed E-state index contributed by atoms with van der Waals surface area (Å²) in [5.74, 6) is 2.62. The van der Waals surface area contributed by atoms with E-state index in [1.54, 1.807) is 0 Å². The van der Waals surface area contributed by atoms with Gasteiger partial charge in [-0.05, 0) is 44.9 Å². The Kier molecular flexibility index (Phi) is 9.07. The van der Waals surface area contributed by atoms with Gasteiger partial charge in [0.15, 0.2) is 11.8 Å². The third-order valence-corrected chi connectivity index (χ3v) is 6.37. The van der Waals surface area contributed by atoms with Gasteiger partial charge in [-0.3, -0.25) is 0 Å². The Bertz CT molecular complexity index is 763. The molecule has 0 aliphatic heterocycles. The maximum Gasteiger partial charge on any atom is 0.192 e. The number of rotatable bonds is 6. The quantitative estimate of drug-likeness (QED) is 0.349. The highest BCUT2D eigenvalue weighted by Crippen LogP contribution is 2.28. The van der Waals surface area contributed by atoms with Gasteiger partial charge in [-0.2, -0.15) is 11.8 Å². The van der Waals surface area contributed by atoms with Crippen molar-refractivity contribution in [1.82, 2.24) is 25.4 Å². The van der Waals surface area contributed by atoms with Crippen molar-refractivity contribution in [1.29, 1.82) is 0 Å². The van der Waals surface area contributed by atoms with Gasteiger partial charge >= 0.3 is 0 Å². The number of aromatic nitrogens is 3. The molecule has 3 atom stereocenters.